The minimum atomic E-state index is -3.83. The van der Waals surface area contributed by atoms with Gasteiger partial charge in [-0.05, 0) is 44.0 Å². The van der Waals surface area contributed by atoms with Gasteiger partial charge in [-0.15, -0.1) is 12.4 Å². The van der Waals surface area contributed by atoms with Crippen LogP contribution in [0.25, 0.3) is 0 Å². The molecule has 0 fully saturated rings. The van der Waals surface area contributed by atoms with Crippen LogP contribution in [0.4, 0.5) is 0 Å². The molecule has 1 rings (SSSR count). The molecule has 0 aliphatic carbocycles. The van der Waals surface area contributed by atoms with Crippen molar-refractivity contribution in [2.45, 2.75) is 44.2 Å². The van der Waals surface area contributed by atoms with Crippen LogP contribution in [0.5, 0.6) is 5.75 Å². The molecule has 9 heteroatoms. The number of hydrogen-bond acceptors (Lipinski definition) is 5. The van der Waals surface area contributed by atoms with Crippen molar-refractivity contribution < 1.29 is 17.9 Å². The fourth-order valence-electron chi connectivity index (χ4n) is 1.91. The van der Waals surface area contributed by atoms with Crippen LogP contribution in [-0.2, 0) is 14.8 Å². The monoisotopic (exact) mass is 393 g/mol. The Kier molecular flexibility index (Phi) is 8.87. The van der Waals surface area contributed by atoms with Crippen LogP contribution in [0.2, 0.25) is 0 Å². The molecule has 0 aliphatic rings. The molecule has 0 radical (unpaired) electrons. The van der Waals surface area contributed by atoms with E-state index in [2.05, 4.69) is 10.0 Å². The quantitative estimate of drug-likeness (QED) is 0.616. The smallest absolute Gasteiger partial charge is 0.241 e. The highest BCUT2D eigenvalue weighted by Gasteiger charge is 2.29. The topological polar surface area (TPSA) is 111 Å². The Bertz CT molecular complexity index is 655. The summed E-state index contributed by atoms with van der Waals surface area (Å²) in [5, 5.41) is 2.69. The number of benzene rings is 1. The Balaban J connectivity index is 0.00000576. The summed E-state index contributed by atoms with van der Waals surface area (Å²) in [4.78, 5) is 12.4. The highest BCUT2D eigenvalue weighted by atomic mass is 35.5. The zero-order valence-corrected chi connectivity index (χ0v) is 16.8. The Morgan fingerprint density at radius 3 is 2.16 bits per heavy atom. The van der Waals surface area contributed by atoms with Crippen molar-refractivity contribution >= 4 is 28.3 Å². The molecular weight excluding hydrogens is 366 g/mol. The highest BCUT2D eigenvalue weighted by Crippen LogP contribution is 2.16. The number of hydrogen-bond donors (Lipinski definition) is 3. The van der Waals surface area contributed by atoms with Gasteiger partial charge in [-0.3, -0.25) is 4.79 Å². The van der Waals surface area contributed by atoms with E-state index in [1.165, 1.54) is 19.2 Å². The van der Waals surface area contributed by atoms with Gasteiger partial charge in [0, 0.05) is 12.1 Å². The summed E-state index contributed by atoms with van der Waals surface area (Å²) in [6.45, 7) is 7.35. The highest BCUT2D eigenvalue weighted by molar-refractivity contribution is 7.89. The summed E-state index contributed by atoms with van der Waals surface area (Å²) >= 11 is 0. The number of rotatable bonds is 8. The van der Waals surface area contributed by atoms with E-state index in [1.54, 1.807) is 39.8 Å². The Morgan fingerprint density at radius 2 is 1.76 bits per heavy atom. The first kappa shape index (κ1) is 23.6. The fourth-order valence-corrected chi connectivity index (χ4v) is 3.25. The normalized spacial score (nSPS) is 13.1. The molecule has 4 N–H and O–H groups in total. The van der Waals surface area contributed by atoms with Crippen LogP contribution in [0, 0.1) is 5.92 Å². The minimum Gasteiger partial charge on any atom is -0.497 e. The van der Waals surface area contributed by atoms with Gasteiger partial charge < -0.3 is 15.8 Å². The number of amides is 1. The lowest BCUT2D eigenvalue weighted by molar-refractivity contribution is -0.123. The van der Waals surface area contributed by atoms with Gasteiger partial charge >= 0.3 is 0 Å². The number of nitrogens with one attached hydrogen (secondary N) is 2. The van der Waals surface area contributed by atoms with Gasteiger partial charge in [-0.1, -0.05) is 13.8 Å². The summed E-state index contributed by atoms with van der Waals surface area (Å²) < 4.78 is 32.5. The molecule has 1 amide bonds. The second-order valence-electron chi connectivity index (χ2n) is 6.72. The Morgan fingerprint density at radius 1 is 1.24 bits per heavy atom. The van der Waals surface area contributed by atoms with Crippen molar-refractivity contribution in [2.24, 2.45) is 11.7 Å². The summed E-state index contributed by atoms with van der Waals surface area (Å²) in [5.41, 5.74) is 5.26. The zero-order valence-electron chi connectivity index (χ0n) is 15.2. The third-order valence-electron chi connectivity index (χ3n) is 3.32. The molecule has 144 valence electrons. The third kappa shape index (κ3) is 7.60. The standard InChI is InChI=1S/C16H27N3O4S.ClH/c1-11(2)14(15(20)18-10-16(3,4)17)19-24(21,22)13-8-6-12(23-5)7-9-13;/h6-9,11,14,19H,10,17H2,1-5H3,(H,18,20);1H. The van der Waals surface area contributed by atoms with Crippen molar-refractivity contribution in [1.29, 1.82) is 0 Å². The first-order chi connectivity index (χ1) is 11.0. The Labute approximate surface area is 156 Å². The average Bonchev–Trinajstić information content (AvgIpc) is 2.49. The van der Waals surface area contributed by atoms with Crippen molar-refractivity contribution in [1.82, 2.24) is 10.0 Å². The first-order valence-corrected chi connectivity index (χ1v) is 9.17. The molecule has 1 aromatic rings. The van der Waals surface area contributed by atoms with Gasteiger partial charge in [-0.2, -0.15) is 4.72 Å². The molecule has 7 nitrogen and oxygen atoms in total. The van der Waals surface area contributed by atoms with Gasteiger partial charge in [0.25, 0.3) is 0 Å². The van der Waals surface area contributed by atoms with Crippen LogP contribution in [-0.4, -0.2) is 39.6 Å². The van der Waals surface area contributed by atoms with E-state index < -0.39 is 27.5 Å². The van der Waals surface area contributed by atoms with E-state index in [9.17, 15) is 13.2 Å². The number of sulfonamides is 1. The van der Waals surface area contributed by atoms with Crippen LogP contribution >= 0.6 is 12.4 Å². The number of halogens is 1. The van der Waals surface area contributed by atoms with E-state index in [0.717, 1.165) is 0 Å². The second-order valence-corrected chi connectivity index (χ2v) is 8.44. The van der Waals surface area contributed by atoms with Crippen molar-refractivity contribution in [3.8, 4) is 5.75 Å². The molecule has 1 aromatic carbocycles. The van der Waals surface area contributed by atoms with Crippen LogP contribution in [0.1, 0.15) is 27.7 Å². The maximum atomic E-state index is 12.5. The predicted octanol–water partition coefficient (Wildman–Crippen LogP) is 1.27. The summed E-state index contributed by atoms with van der Waals surface area (Å²) in [6.07, 6.45) is 0. The Hall–Kier alpha value is -1.35. The maximum Gasteiger partial charge on any atom is 0.241 e. The maximum absolute atomic E-state index is 12.5. The average molecular weight is 394 g/mol. The fraction of sp³-hybridized carbons (Fsp3) is 0.562. The van der Waals surface area contributed by atoms with E-state index in [-0.39, 0.29) is 29.8 Å². The third-order valence-corrected chi connectivity index (χ3v) is 4.78. The largest absolute Gasteiger partial charge is 0.497 e. The van der Waals surface area contributed by atoms with Crippen LogP contribution in [0.3, 0.4) is 0 Å². The van der Waals surface area contributed by atoms with Crippen molar-refractivity contribution in [2.75, 3.05) is 13.7 Å². The van der Waals surface area contributed by atoms with E-state index in [1.807, 2.05) is 0 Å². The molecule has 0 saturated heterocycles. The van der Waals surface area contributed by atoms with Crippen molar-refractivity contribution in [3.63, 3.8) is 0 Å². The molecule has 0 aliphatic heterocycles. The van der Waals surface area contributed by atoms with Gasteiger partial charge in [0.05, 0.1) is 12.0 Å². The SMILES string of the molecule is COc1ccc(S(=O)(=O)NC(C(=O)NCC(C)(C)N)C(C)C)cc1.Cl. The summed E-state index contributed by atoms with van der Waals surface area (Å²) in [6, 6.07) is 5.07. The molecule has 1 atom stereocenters. The minimum absolute atomic E-state index is 0. The van der Waals surface area contributed by atoms with Crippen molar-refractivity contribution in [3.05, 3.63) is 24.3 Å². The molecule has 0 saturated carbocycles. The van der Waals surface area contributed by atoms with E-state index in [4.69, 9.17) is 10.5 Å². The number of nitrogens with two attached hydrogens (primary N) is 1. The van der Waals surface area contributed by atoms with Crippen LogP contribution < -0.4 is 20.5 Å². The lowest BCUT2D eigenvalue weighted by Gasteiger charge is -2.25. The molecule has 0 bridgehead atoms. The number of carbonyl (C=O) groups excluding carboxylic acids is 1. The van der Waals surface area contributed by atoms with Gasteiger partial charge in [-0.25, -0.2) is 8.42 Å². The zero-order chi connectivity index (χ0) is 18.5. The molecule has 0 spiro atoms. The summed E-state index contributed by atoms with van der Waals surface area (Å²) in [7, 11) is -2.33. The molecule has 25 heavy (non-hydrogen) atoms. The second kappa shape index (κ2) is 9.38. The number of carbonyl (C=O) groups is 1. The first-order valence-electron chi connectivity index (χ1n) is 7.69. The molecular formula is C16H28ClN3O4S. The summed E-state index contributed by atoms with van der Waals surface area (Å²) in [5.74, 6) is -0.0724. The number of ether oxygens (including phenoxy) is 1. The molecule has 0 heterocycles. The van der Waals surface area contributed by atoms with Gasteiger partial charge in [0.15, 0.2) is 0 Å². The predicted molar refractivity (Wildman–Crippen MR) is 100 cm³/mol. The van der Waals surface area contributed by atoms with Gasteiger partial charge in [0.2, 0.25) is 15.9 Å². The molecule has 0 aromatic heterocycles. The lowest BCUT2D eigenvalue weighted by atomic mass is 10.0. The van der Waals surface area contributed by atoms with E-state index >= 15 is 0 Å². The van der Waals surface area contributed by atoms with E-state index in [0.29, 0.717) is 5.75 Å². The lowest BCUT2D eigenvalue weighted by Crippen LogP contribution is -2.53. The number of methoxy groups -OCH3 is 1. The molecule has 1 unspecified atom stereocenters. The van der Waals surface area contributed by atoms with Crippen LogP contribution in [0.15, 0.2) is 29.2 Å². The van der Waals surface area contributed by atoms with Gasteiger partial charge in [0.1, 0.15) is 11.8 Å².